The van der Waals surface area contributed by atoms with Crippen LogP contribution in [-0.2, 0) is 5.41 Å². The van der Waals surface area contributed by atoms with Gasteiger partial charge < -0.3 is 5.73 Å². The average molecular weight is 216 g/mol. The van der Waals surface area contributed by atoms with E-state index in [1.54, 1.807) is 4.68 Å². The molecule has 0 spiro atoms. The summed E-state index contributed by atoms with van der Waals surface area (Å²) in [7, 11) is 0. The molecule has 1 heterocycles. The molecule has 0 aliphatic rings. The number of para-hydroxylation sites is 1. The third-order valence-electron chi connectivity index (χ3n) is 2.30. The van der Waals surface area contributed by atoms with Crippen molar-refractivity contribution in [2.75, 3.05) is 5.73 Å². The van der Waals surface area contributed by atoms with E-state index in [1.807, 2.05) is 30.3 Å². The Bertz CT molecular complexity index is 479. The van der Waals surface area contributed by atoms with Crippen molar-refractivity contribution in [3.05, 3.63) is 36.2 Å². The molecular formula is C12H16N4. The van der Waals surface area contributed by atoms with E-state index in [2.05, 4.69) is 30.9 Å². The smallest absolute Gasteiger partial charge is 0.240 e. The van der Waals surface area contributed by atoms with Crippen LogP contribution in [0.3, 0.4) is 0 Å². The minimum absolute atomic E-state index is 0.0829. The highest BCUT2D eigenvalue weighted by Crippen LogP contribution is 2.23. The largest absolute Gasteiger partial charge is 0.366 e. The molecule has 0 aliphatic heterocycles. The second-order valence-corrected chi connectivity index (χ2v) is 4.79. The van der Waals surface area contributed by atoms with Gasteiger partial charge in [0.15, 0.2) is 0 Å². The van der Waals surface area contributed by atoms with Crippen molar-refractivity contribution in [3.63, 3.8) is 0 Å². The number of benzene rings is 1. The number of hydrogen-bond acceptors (Lipinski definition) is 3. The predicted molar refractivity (Wildman–Crippen MR) is 64.5 cm³/mol. The monoisotopic (exact) mass is 216 g/mol. The third kappa shape index (κ3) is 1.91. The fourth-order valence-electron chi connectivity index (χ4n) is 1.56. The van der Waals surface area contributed by atoms with Crippen LogP contribution in [0.2, 0.25) is 0 Å². The van der Waals surface area contributed by atoms with E-state index in [0.29, 0.717) is 5.95 Å². The summed E-state index contributed by atoms with van der Waals surface area (Å²) in [5.41, 5.74) is 6.57. The maximum atomic E-state index is 5.67. The molecule has 1 aromatic carbocycles. The van der Waals surface area contributed by atoms with Gasteiger partial charge in [0.1, 0.15) is 5.82 Å². The van der Waals surface area contributed by atoms with Gasteiger partial charge in [-0.15, -0.1) is 5.10 Å². The van der Waals surface area contributed by atoms with E-state index in [9.17, 15) is 0 Å². The quantitative estimate of drug-likeness (QED) is 0.794. The Morgan fingerprint density at radius 3 is 2.31 bits per heavy atom. The number of aromatic nitrogens is 3. The lowest BCUT2D eigenvalue weighted by molar-refractivity contribution is 0.526. The minimum Gasteiger partial charge on any atom is -0.366 e. The fourth-order valence-corrected chi connectivity index (χ4v) is 1.56. The van der Waals surface area contributed by atoms with Gasteiger partial charge in [0.05, 0.1) is 5.69 Å². The van der Waals surface area contributed by atoms with Crippen LogP contribution in [0.25, 0.3) is 5.69 Å². The van der Waals surface area contributed by atoms with Gasteiger partial charge in [-0.05, 0) is 12.1 Å². The summed E-state index contributed by atoms with van der Waals surface area (Å²) in [6.07, 6.45) is 0. The highest BCUT2D eigenvalue weighted by atomic mass is 15.4. The Labute approximate surface area is 95.1 Å². The van der Waals surface area contributed by atoms with Crippen molar-refractivity contribution in [3.8, 4) is 5.69 Å². The average Bonchev–Trinajstić information content (AvgIpc) is 2.61. The molecule has 1 aromatic heterocycles. The minimum atomic E-state index is -0.0829. The summed E-state index contributed by atoms with van der Waals surface area (Å²) >= 11 is 0. The molecule has 4 nitrogen and oxygen atoms in total. The van der Waals surface area contributed by atoms with Gasteiger partial charge in [0, 0.05) is 5.41 Å². The Morgan fingerprint density at radius 2 is 1.75 bits per heavy atom. The van der Waals surface area contributed by atoms with Gasteiger partial charge >= 0.3 is 0 Å². The highest BCUT2D eigenvalue weighted by Gasteiger charge is 2.22. The molecule has 0 aliphatic carbocycles. The first-order valence-electron chi connectivity index (χ1n) is 5.27. The van der Waals surface area contributed by atoms with Crippen molar-refractivity contribution in [1.82, 2.24) is 14.8 Å². The Hall–Kier alpha value is -1.84. The molecular weight excluding hydrogens is 200 g/mol. The number of nitrogen functional groups attached to an aromatic ring is 1. The number of nitrogens with two attached hydrogens (primary N) is 1. The maximum absolute atomic E-state index is 5.67. The molecule has 0 atom stereocenters. The Kier molecular flexibility index (Phi) is 2.42. The van der Waals surface area contributed by atoms with Gasteiger partial charge in [-0.2, -0.15) is 4.98 Å². The van der Waals surface area contributed by atoms with Crippen LogP contribution in [0.1, 0.15) is 26.6 Å². The zero-order valence-electron chi connectivity index (χ0n) is 9.81. The van der Waals surface area contributed by atoms with Crippen molar-refractivity contribution < 1.29 is 0 Å². The topological polar surface area (TPSA) is 56.7 Å². The van der Waals surface area contributed by atoms with Gasteiger partial charge in [-0.1, -0.05) is 39.0 Å². The first kappa shape index (κ1) is 10.7. The Morgan fingerprint density at radius 1 is 1.12 bits per heavy atom. The molecule has 0 saturated heterocycles. The van der Waals surface area contributed by atoms with Crippen LogP contribution in [0.15, 0.2) is 30.3 Å². The van der Waals surface area contributed by atoms with E-state index in [4.69, 9.17) is 5.73 Å². The van der Waals surface area contributed by atoms with Crippen molar-refractivity contribution in [2.45, 2.75) is 26.2 Å². The second-order valence-electron chi connectivity index (χ2n) is 4.79. The van der Waals surface area contributed by atoms with Crippen LogP contribution >= 0.6 is 0 Å². The Balaban J connectivity index is 2.58. The highest BCUT2D eigenvalue weighted by molar-refractivity contribution is 5.34. The summed E-state index contributed by atoms with van der Waals surface area (Å²) in [6.45, 7) is 6.28. The first-order valence-corrected chi connectivity index (χ1v) is 5.27. The van der Waals surface area contributed by atoms with Gasteiger partial charge in [0.25, 0.3) is 0 Å². The molecule has 2 rings (SSSR count). The number of nitrogens with zero attached hydrogens (tertiary/aromatic N) is 3. The van der Waals surface area contributed by atoms with Crippen LogP contribution in [0.4, 0.5) is 5.95 Å². The van der Waals surface area contributed by atoms with Crippen LogP contribution in [-0.4, -0.2) is 14.8 Å². The van der Waals surface area contributed by atoms with E-state index in [1.165, 1.54) is 0 Å². The first-order chi connectivity index (χ1) is 7.48. The molecule has 0 amide bonds. The summed E-state index contributed by atoms with van der Waals surface area (Å²) in [5.74, 6) is 1.19. The molecule has 0 bridgehead atoms. The lowest BCUT2D eigenvalue weighted by Gasteiger charge is -2.17. The van der Waals surface area contributed by atoms with Crippen molar-refractivity contribution in [2.24, 2.45) is 0 Å². The maximum Gasteiger partial charge on any atom is 0.240 e. The van der Waals surface area contributed by atoms with Crippen molar-refractivity contribution >= 4 is 5.95 Å². The van der Waals surface area contributed by atoms with E-state index >= 15 is 0 Å². The summed E-state index contributed by atoms with van der Waals surface area (Å²) in [5, 5.41) is 4.23. The molecule has 0 radical (unpaired) electrons. The van der Waals surface area contributed by atoms with Crippen LogP contribution < -0.4 is 5.73 Å². The third-order valence-corrected chi connectivity index (χ3v) is 2.30. The second kappa shape index (κ2) is 3.63. The number of anilines is 1. The SMILES string of the molecule is CC(C)(C)c1nc(N)nn1-c1ccccc1. The van der Waals surface area contributed by atoms with Gasteiger partial charge in [-0.25, -0.2) is 4.68 Å². The van der Waals surface area contributed by atoms with Crippen LogP contribution in [0, 0.1) is 0 Å². The molecule has 0 fully saturated rings. The lowest BCUT2D eigenvalue weighted by Crippen LogP contribution is -2.18. The van der Waals surface area contributed by atoms with E-state index < -0.39 is 0 Å². The predicted octanol–water partition coefficient (Wildman–Crippen LogP) is 2.15. The lowest BCUT2D eigenvalue weighted by atomic mass is 9.95. The standard InChI is InChI=1S/C12H16N4/c1-12(2,3)10-14-11(13)15-16(10)9-7-5-4-6-8-9/h4-8H,1-3H3,(H2,13,15). The zero-order valence-corrected chi connectivity index (χ0v) is 9.81. The van der Waals surface area contributed by atoms with Crippen LogP contribution in [0.5, 0.6) is 0 Å². The normalized spacial score (nSPS) is 11.7. The van der Waals surface area contributed by atoms with E-state index in [0.717, 1.165) is 11.5 Å². The van der Waals surface area contributed by atoms with E-state index in [-0.39, 0.29) is 5.41 Å². The fraction of sp³-hybridized carbons (Fsp3) is 0.333. The molecule has 4 heteroatoms. The van der Waals surface area contributed by atoms with Crippen molar-refractivity contribution in [1.29, 1.82) is 0 Å². The zero-order chi connectivity index (χ0) is 11.8. The molecule has 0 saturated carbocycles. The summed E-state index contributed by atoms with van der Waals surface area (Å²) < 4.78 is 1.80. The number of rotatable bonds is 1. The molecule has 84 valence electrons. The molecule has 16 heavy (non-hydrogen) atoms. The summed E-state index contributed by atoms with van der Waals surface area (Å²) in [4.78, 5) is 4.29. The van der Waals surface area contributed by atoms with Gasteiger partial charge in [-0.3, -0.25) is 0 Å². The molecule has 0 unspecified atom stereocenters. The molecule has 2 N–H and O–H groups in total. The number of hydrogen-bond donors (Lipinski definition) is 1. The molecule has 2 aromatic rings. The van der Waals surface area contributed by atoms with Gasteiger partial charge in [0.2, 0.25) is 5.95 Å². The summed E-state index contributed by atoms with van der Waals surface area (Å²) in [6, 6.07) is 9.90.